The number of β-amino-alcohol motifs (C(OH)–C–C–N with tert-alkyl or cyclic N) is 1. The minimum absolute atomic E-state index is 0.328. The highest BCUT2D eigenvalue weighted by Crippen LogP contribution is 2.27. The zero-order valence-electron chi connectivity index (χ0n) is 11.9. The largest absolute Gasteiger partial charge is 0.390 e. The van der Waals surface area contributed by atoms with Crippen molar-refractivity contribution in [1.29, 1.82) is 0 Å². The lowest BCUT2D eigenvalue weighted by atomic mass is 10.2. The lowest BCUT2D eigenvalue weighted by Gasteiger charge is -2.32. The van der Waals surface area contributed by atoms with Crippen LogP contribution in [-0.2, 0) is 0 Å². The number of aryl methyl sites for hydroxylation is 1. The van der Waals surface area contributed by atoms with E-state index in [0.717, 1.165) is 16.5 Å². The standard InChI is InChI=1S/C17H18N2OS/c1-13-7-9-15(10-8-13)19-11-16(20)12-21-17(19)18-14-5-3-2-4-6-14/h2-10,16,20H,11-12H2,1H3. The first-order chi connectivity index (χ1) is 10.2. The number of benzene rings is 2. The molecule has 3 nitrogen and oxygen atoms in total. The predicted octanol–water partition coefficient (Wildman–Crippen LogP) is 3.60. The van der Waals surface area contributed by atoms with Crippen LogP contribution in [0.4, 0.5) is 11.4 Å². The van der Waals surface area contributed by atoms with Gasteiger partial charge in [0.2, 0.25) is 0 Å². The van der Waals surface area contributed by atoms with Crippen LogP contribution in [0.15, 0.2) is 59.6 Å². The molecular weight excluding hydrogens is 280 g/mol. The van der Waals surface area contributed by atoms with Crippen molar-refractivity contribution in [3.05, 3.63) is 60.2 Å². The van der Waals surface area contributed by atoms with Crippen LogP contribution in [-0.4, -0.2) is 28.7 Å². The van der Waals surface area contributed by atoms with Crippen LogP contribution in [0.3, 0.4) is 0 Å². The quantitative estimate of drug-likeness (QED) is 0.920. The van der Waals surface area contributed by atoms with Gasteiger partial charge < -0.3 is 10.0 Å². The molecule has 1 unspecified atom stereocenters. The zero-order valence-corrected chi connectivity index (χ0v) is 12.8. The van der Waals surface area contributed by atoms with Crippen LogP contribution >= 0.6 is 11.8 Å². The Hall–Kier alpha value is -1.78. The number of amidine groups is 1. The van der Waals surface area contributed by atoms with Crippen molar-refractivity contribution >= 4 is 28.3 Å². The van der Waals surface area contributed by atoms with Gasteiger partial charge in [-0.15, -0.1) is 0 Å². The molecule has 1 N–H and O–H groups in total. The molecule has 3 rings (SSSR count). The molecule has 0 amide bonds. The first-order valence-corrected chi connectivity index (χ1v) is 8.00. The number of anilines is 1. The normalized spacial score (nSPS) is 20.8. The summed E-state index contributed by atoms with van der Waals surface area (Å²) < 4.78 is 0. The SMILES string of the molecule is Cc1ccc(N2CC(O)CSC2=Nc2ccccc2)cc1. The minimum Gasteiger partial charge on any atom is -0.390 e. The second-order valence-electron chi connectivity index (χ2n) is 5.14. The molecule has 0 aliphatic carbocycles. The van der Waals surface area contributed by atoms with E-state index in [9.17, 15) is 5.11 Å². The number of aliphatic imine (C=N–C) groups is 1. The van der Waals surface area contributed by atoms with Crippen LogP contribution in [0.5, 0.6) is 0 Å². The van der Waals surface area contributed by atoms with Crippen LogP contribution in [0.25, 0.3) is 0 Å². The number of aliphatic hydroxyl groups is 1. The number of rotatable bonds is 2. The smallest absolute Gasteiger partial charge is 0.169 e. The van der Waals surface area contributed by atoms with Gasteiger partial charge in [-0.25, -0.2) is 4.99 Å². The molecular formula is C17H18N2OS. The molecule has 0 aromatic heterocycles. The number of hydrogen-bond acceptors (Lipinski definition) is 3. The molecule has 1 saturated heterocycles. The summed E-state index contributed by atoms with van der Waals surface area (Å²) in [7, 11) is 0. The average Bonchev–Trinajstić information content (AvgIpc) is 2.51. The molecule has 1 aliphatic rings. The Balaban J connectivity index is 1.93. The first-order valence-electron chi connectivity index (χ1n) is 7.01. The van der Waals surface area contributed by atoms with E-state index in [1.165, 1.54) is 5.56 Å². The van der Waals surface area contributed by atoms with E-state index in [1.807, 2.05) is 30.3 Å². The lowest BCUT2D eigenvalue weighted by Crippen LogP contribution is -2.42. The third-order valence-corrected chi connectivity index (χ3v) is 4.48. The molecule has 2 aromatic rings. The summed E-state index contributed by atoms with van der Waals surface area (Å²) in [5.41, 5.74) is 3.24. The Bertz CT molecular complexity index is 625. The number of hydrogen-bond donors (Lipinski definition) is 1. The Morgan fingerprint density at radius 1 is 1.10 bits per heavy atom. The number of nitrogens with zero attached hydrogens (tertiary/aromatic N) is 2. The van der Waals surface area contributed by atoms with Crippen molar-refractivity contribution in [2.45, 2.75) is 13.0 Å². The van der Waals surface area contributed by atoms with Crippen molar-refractivity contribution in [3.63, 3.8) is 0 Å². The molecule has 2 aromatic carbocycles. The molecule has 1 fully saturated rings. The number of aliphatic hydroxyl groups excluding tert-OH is 1. The topological polar surface area (TPSA) is 35.8 Å². The van der Waals surface area contributed by atoms with E-state index in [1.54, 1.807) is 11.8 Å². The molecule has 1 atom stereocenters. The zero-order chi connectivity index (χ0) is 14.7. The van der Waals surface area contributed by atoms with Crippen LogP contribution in [0, 0.1) is 6.92 Å². The van der Waals surface area contributed by atoms with E-state index in [2.05, 4.69) is 36.1 Å². The molecule has 108 valence electrons. The first kappa shape index (κ1) is 14.2. The fourth-order valence-corrected chi connectivity index (χ4v) is 3.19. The Kier molecular flexibility index (Phi) is 4.27. The molecule has 4 heteroatoms. The maximum atomic E-state index is 9.96. The van der Waals surface area contributed by atoms with Crippen molar-refractivity contribution in [1.82, 2.24) is 0 Å². The summed E-state index contributed by atoms with van der Waals surface area (Å²) in [4.78, 5) is 6.82. The summed E-state index contributed by atoms with van der Waals surface area (Å²) in [5.74, 6) is 0.689. The lowest BCUT2D eigenvalue weighted by molar-refractivity contribution is 0.207. The highest BCUT2D eigenvalue weighted by molar-refractivity contribution is 8.14. The summed E-state index contributed by atoms with van der Waals surface area (Å²) in [6, 6.07) is 18.3. The van der Waals surface area contributed by atoms with Crippen molar-refractivity contribution < 1.29 is 5.11 Å². The second-order valence-corrected chi connectivity index (χ2v) is 6.13. The highest BCUT2D eigenvalue weighted by atomic mass is 32.2. The molecule has 1 aliphatic heterocycles. The molecule has 0 spiro atoms. The van der Waals surface area contributed by atoms with Gasteiger partial charge in [0.05, 0.1) is 18.3 Å². The molecule has 0 radical (unpaired) electrons. The van der Waals surface area contributed by atoms with E-state index in [-0.39, 0.29) is 6.10 Å². The van der Waals surface area contributed by atoms with E-state index in [4.69, 9.17) is 4.99 Å². The van der Waals surface area contributed by atoms with Crippen LogP contribution in [0.2, 0.25) is 0 Å². The molecule has 0 saturated carbocycles. The van der Waals surface area contributed by atoms with Gasteiger partial charge in [-0.3, -0.25) is 0 Å². The van der Waals surface area contributed by atoms with Crippen LogP contribution < -0.4 is 4.90 Å². The fraction of sp³-hybridized carbons (Fsp3) is 0.235. The maximum Gasteiger partial charge on any atom is 0.169 e. The summed E-state index contributed by atoms with van der Waals surface area (Å²) in [6.07, 6.45) is -0.328. The Labute approximate surface area is 129 Å². The molecule has 0 bridgehead atoms. The van der Waals surface area contributed by atoms with Gasteiger partial charge in [-0.1, -0.05) is 47.7 Å². The van der Waals surface area contributed by atoms with Gasteiger partial charge in [0.15, 0.2) is 5.17 Å². The third kappa shape index (κ3) is 3.46. The third-order valence-electron chi connectivity index (χ3n) is 3.36. The Morgan fingerprint density at radius 2 is 1.81 bits per heavy atom. The molecule has 21 heavy (non-hydrogen) atoms. The van der Waals surface area contributed by atoms with Crippen molar-refractivity contribution in [3.8, 4) is 0 Å². The maximum absolute atomic E-state index is 9.96. The molecule has 1 heterocycles. The van der Waals surface area contributed by atoms with E-state index in [0.29, 0.717) is 12.3 Å². The second kappa shape index (κ2) is 6.33. The predicted molar refractivity (Wildman–Crippen MR) is 90.5 cm³/mol. The highest BCUT2D eigenvalue weighted by Gasteiger charge is 2.24. The minimum atomic E-state index is -0.328. The van der Waals surface area contributed by atoms with Gasteiger partial charge >= 0.3 is 0 Å². The summed E-state index contributed by atoms with van der Waals surface area (Å²) >= 11 is 1.60. The van der Waals surface area contributed by atoms with Crippen LogP contribution in [0.1, 0.15) is 5.56 Å². The number of para-hydroxylation sites is 1. The summed E-state index contributed by atoms with van der Waals surface area (Å²) in [5, 5.41) is 10.9. The van der Waals surface area contributed by atoms with E-state index >= 15 is 0 Å². The van der Waals surface area contributed by atoms with Gasteiger partial charge in [-0.2, -0.15) is 0 Å². The monoisotopic (exact) mass is 298 g/mol. The number of thioether (sulfide) groups is 1. The van der Waals surface area contributed by atoms with Crippen molar-refractivity contribution in [2.24, 2.45) is 4.99 Å². The van der Waals surface area contributed by atoms with Gasteiger partial charge in [0.1, 0.15) is 0 Å². The Morgan fingerprint density at radius 3 is 2.52 bits per heavy atom. The average molecular weight is 298 g/mol. The van der Waals surface area contributed by atoms with Gasteiger partial charge in [0, 0.05) is 11.4 Å². The van der Waals surface area contributed by atoms with Gasteiger partial charge in [0.25, 0.3) is 0 Å². The van der Waals surface area contributed by atoms with E-state index < -0.39 is 0 Å². The fourth-order valence-electron chi connectivity index (χ4n) is 2.24. The summed E-state index contributed by atoms with van der Waals surface area (Å²) in [6.45, 7) is 2.66. The van der Waals surface area contributed by atoms with Gasteiger partial charge in [-0.05, 0) is 31.2 Å². The van der Waals surface area contributed by atoms with Crippen molar-refractivity contribution in [2.75, 3.05) is 17.2 Å².